The molecule has 0 atom stereocenters. The molecule has 0 amide bonds. The Labute approximate surface area is 88.7 Å². The van der Waals surface area contributed by atoms with Crippen molar-refractivity contribution >= 4 is 3.87 Å². The van der Waals surface area contributed by atoms with Gasteiger partial charge in [0.25, 0.3) is 0 Å². The van der Waals surface area contributed by atoms with Crippen molar-refractivity contribution in [3.05, 3.63) is 29.3 Å². The summed E-state index contributed by atoms with van der Waals surface area (Å²) in [5.41, 5.74) is 0.626. The van der Waals surface area contributed by atoms with Crippen molar-refractivity contribution in [3.8, 4) is 0 Å². The molecule has 0 saturated heterocycles. The molecule has 0 aliphatic carbocycles. The molecule has 3 heteroatoms. The Hall–Kier alpha value is -0.206. The van der Waals surface area contributed by atoms with Gasteiger partial charge in [0.1, 0.15) is 0 Å². The number of unbranched alkanes of at least 4 members (excludes halogenated alkanes) is 1. The molecule has 0 saturated carbocycles. The van der Waals surface area contributed by atoms with Crippen LogP contribution in [0.25, 0.3) is 0 Å². The van der Waals surface area contributed by atoms with E-state index >= 15 is 0 Å². The molecule has 0 nitrogen and oxygen atoms in total. The summed E-state index contributed by atoms with van der Waals surface area (Å²) < 4.78 is 26.3. The van der Waals surface area contributed by atoms with E-state index in [0.717, 1.165) is 12.8 Å². The summed E-state index contributed by atoms with van der Waals surface area (Å²) in [5, 5.41) is 0. The maximum absolute atomic E-state index is 13.3. The summed E-state index contributed by atoms with van der Waals surface area (Å²) in [6.07, 6.45) is 2.67. The molecule has 0 N–H and O–H groups in total. The van der Waals surface area contributed by atoms with E-state index in [-0.39, 0.29) is 9.69 Å². The van der Waals surface area contributed by atoms with E-state index in [0.29, 0.717) is 12.0 Å². The molecule has 0 aliphatic rings. The quantitative estimate of drug-likeness (QED) is 0.682. The minimum absolute atomic E-state index is 0.133. The number of benzene rings is 1. The van der Waals surface area contributed by atoms with Crippen molar-refractivity contribution in [2.45, 2.75) is 26.2 Å². The average molecular weight is 217 g/mol. The third-order valence-electron chi connectivity index (χ3n) is 1.97. The molecule has 0 radical (unpaired) electrons. The van der Waals surface area contributed by atoms with Gasteiger partial charge in [0.05, 0.1) is 0 Å². The molecule has 69 valence electrons. The normalized spacial score (nSPS) is 10.3. The third-order valence-corrected chi connectivity index (χ3v) is 2.69. The maximum atomic E-state index is 13.3. The molecule has 0 fully saturated rings. The van der Waals surface area contributed by atoms with Gasteiger partial charge >= 0.3 is 88.6 Å². The Morgan fingerprint density at radius 2 is 2.00 bits per heavy atom. The Morgan fingerprint density at radius 1 is 1.31 bits per heavy atom. The van der Waals surface area contributed by atoms with E-state index in [1.54, 1.807) is 0 Å². The van der Waals surface area contributed by atoms with E-state index in [4.69, 9.17) is 0 Å². The van der Waals surface area contributed by atoms with E-state index in [1.807, 2.05) is 6.92 Å². The number of aryl methyl sites for hydroxylation is 1. The molecule has 1 aromatic carbocycles. The second-order valence-corrected chi connectivity index (χ2v) is 3.78. The van der Waals surface area contributed by atoms with Crippen LogP contribution in [0.15, 0.2) is 12.1 Å². The molecule has 0 bridgehead atoms. The summed E-state index contributed by atoms with van der Waals surface area (Å²) in [6.45, 7) is 2.05. The van der Waals surface area contributed by atoms with Crippen molar-refractivity contribution in [1.29, 1.82) is 0 Å². The summed E-state index contributed by atoms with van der Waals surface area (Å²) in [7, 11) is 0. The first kappa shape index (κ1) is 10.9. The van der Waals surface area contributed by atoms with E-state index in [9.17, 15) is 8.78 Å². The second kappa shape index (κ2) is 4.87. The number of hydrogen-bond acceptors (Lipinski definition) is 0. The first-order valence-corrected chi connectivity index (χ1v) is 5.13. The van der Waals surface area contributed by atoms with Gasteiger partial charge in [0.2, 0.25) is 0 Å². The van der Waals surface area contributed by atoms with Crippen molar-refractivity contribution in [2.24, 2.45) is 0 Å². The molecule has 1 rings (SSSR count). The fourth-order valence-corrected chi connectivity index (χ4v) is 1.54. The van der Waals surface area contributed by atoms with Crippen molar-refractivity contribution in [2.75, 3.05) is 0 Å². The first-order chi connectivity index (χ1) is 6.16. The minimum atomic E-state index is -0.460. The van der Waals surface area contributed by atoms with Crippen molar-refractivity contribution < 1.29 is 29.2 Å². The zero-order valence-corrected chi connectivity index (χ0v) is 9.09. The van der Waals surface area contributed by atoms with Crippen LogP contribution in [-0.2, 0) is 26.9 Å². The Balaban J connectivity index is 2.90. The van der Waals surface area contributed by atoms with E-state index in [2.05, 4.69) is 0 Å². The standard InChI is InChI=1S/C10H11F2.Ti/c1-2-3-4-8-5-6-9(11)7-10(8)12;/h5-6H,2-4H2,1H3;. The summed E-state index contributed by atoms with van der Waals surface area (Å²) in [6, 6.07) is 2.87. The molecular formula is C10H11F2Ti. The van der Waals surface area contributed by atoms with Crippen LogP contribution in [0, 0.1) is 11.6 Å². The monoisotopic (exact) mass is 217 g/mol. The van der Waals surface area contributed by atoms with Crippen LogP contribution < -0.4 is 3.87 Å². The van der Waals surface area contributed by atoms with Crippen LogP contribution in [0.2, 0.25) is 0 Å². The van der Waals surface area contributed by atoms with Crippen LogP contribution in [-0.4, -0.2) is 0 Å². The topological polar surface area (TPSA) is 0 Å². The van der Waals surface area contributed by atoms with Crippen molar-refractivity contribution in [1.82, 2.24) is 0 Å². The zero-order chi connectivity index (χ0) is 9.84. The Bertz CT molecular complexity index is 297. The predicted octanol–water partition coefficient (Wildman–Crippen LogP) is 2.48. The van der Waals surface area contributed by atoms with E-state index in [1.165, 1.54) is 32.6 Å². The van der Waals surface area contributed by atoms with Gasteiger partial charge in [-0.05, 0) is 0 Å². The fourth-order valence-electron chi connectivity index (χ4n) is 1.16. The van der Waals surface area contributed by atoms with Crippen LogP contribution in [0.5, 0.6) is 0 Å². The summed E-state index contributed by atoms with van der Waals surface area (Å²) >= 11 is 1.47. The predicted molar refractivity (Wildman–Crippen MR) is 44.6 cm³/mol. The molecule has 1 aromatic rings. The van der Waals surface area contributed by atoms with Crippen LogP contribution in [0.4, 0.5) is 8.78 Å². The first-order valence-electron chi connectivity index (χ1n) is 4.35. The molecule has 0 aliphatic heterocycles. The van der Waals surface area contributed by atoms with Crippen molar-refractivity contribution in [3.63, 3.8) is 0 Å². The molecule has 0 unspecified atom stereocenters. The summed E-state index contributed by atoms with van der Waals surface area (Å²) in [5.74, 6) is -0.841. The third kappa shape index (κ3) is 2.62. The van der Waals surface area contributed by atoms with Gasteiger partial charge in [0.15, 0.2) is 0 Å². The molecule has 0 aromatic heterocycles. The number of hydrogen-bond donors (Lipinski definition) is 0. The number of halogens is 2. The van der Waals surface area contributed by atoms with Gasteiger partial charge in [-0.25, -0.2) is 0 Å². The summed E-state index contributed by atoms with van der Waals surface area (Å²) in [4.78, 5) is 0. The van der Waals surface area contributed by atoms with Gasteiger partial charge in [0, 0.05) is 0 Å². The van der Waals surface area contributed by atoms with E-state index < -0.39 is 5.82 Å². The van der Waals surface area contributed by atoms with Crippen LogP contribution >= 0.6 is 0 Å². The fraction of sp³-hybridized carbons (Fsp3) is 0.400. The zero-order valence-electron chi connectivity index (χ0n) is 7.53. The van der Waals surface area contributed by atoms with Crippen LogP contribution in [0.1, 0.15) is 25.3 Å². The molecule has 13 heavy (non-hydrogen) atoms. The average Bonchev–Trinajstić information content (AvgIpc) is 2.13. The Morgan fingerprint density at radius 3 is 2.62 bits per heavy atom. The molecular weight excluding hydrogens is 206 g/mol. The van der Waals surface area contributed by atoms with Gasteiger partial charge in [-0.3, -0.25) is 0 Å². The SMILES string of the molecule is CCCCc1ccc(F)[c]([Ti])c1F. The van der Waals surface area contributed by atoms with Gasteiger partial charge < -0.3 is 0 Å². The second-order valence-electron chi connectivity index (χ2n) is 3.00. The van der Waals surface area contributed by atoms with Gasteiger partial charge in [-0.2, -0.15) is 0 Å². The molecule has 0 spiro atoms. The Kier molecular flexibility index (Phi) is 4.07. The van der Waals surface area contributed by atoms with Gasteiger partial charge in [-0.15, -0.1) is 0 Å². The molecule has 0 heterocycles. The van der Waals surface area contributed by atoms with Crippen LogP contribution in [0.3, 0.4) is 0 Å². The number of rotatable bonds is 3. The van der Waals surface area contributed by atoms with Gasteiger partial charge in [-0.1, -0.05) is 0 Å².